The molecular weight excluding hydrogens is 212 g/mol. The maximum atomic E-state index is 10.3. The molecule has 17 heavy (non-hydrogen) atoms. The fourth-order valence-electron chi connectivity index (χ4n) is 2.49. The molecule has 2 rings (SSSR count). The maximum absolute atomic E-state index is 10.3. The first-order valence-electron chi connectivity index (χ1n) is 6.61. The first-order valence-corrected chi connectivity index (χ1v) is 6.61. The van der Waals surface area contributed by atoms with Gasteiger partial charge in [0, 0.05) is 18.9 Å². The zero-order chi connectivity index (χ0) is 12.0. The zero-order valence-electron chi connectivity index (χ0n) is 10.4. The van der Waals surface area contributed by atoms with E-state index in [0.717, 1.165) is 32.4 Å². The van der Waals surface area contributed by atoms with Crippen molar-refractivity contribution in [2.24, 2.45) is 0 Å². The molecule has 0 aliphatic heterocycles. The Kier molecular flexibility index (Phi) is 4.51. The van der Waals surface area contributed by atoms with Crippen LogP contribution in [0.15, 0.2) is 24.5 Å². The van der Waals surface area contributed by atoms with Crippen molar-refractivity contribution in [2.75, 3.05) is 13.1 Å². The zero-order valence-corrected chi connectivity index (χ0v) is 10.4. The highest BCUT2D eigenvalue weighted by atomic mass is 16.3. The number of nitrogens with one attached hydrogen (secondary N) is 1. The van der Waals surface area contributed by atoms with Gasteiger partial charge in [-0.1, -0.05) is 19.3 Å². The second-order valence-electron chi connectivity index (χ2n) is 5.07. The molecule has 0 bridgehead atoms. The third-order valence-corrected chi connectivity index (χ3v) is 3.58. The van der Waals surface area contributed by atoms with Crippen LogP contribution < -0.4 is 5.32 Å². The number of rotatable bonds is 5. The summed E-state index contributed by atoms with van der Waals surface area (Å²) in [5, 5.41) is 13.7. The van der Waals surface area contributed by atoms with E-state index in [9.17, 15) is 5.11 Å². The van der Waals surface area contributed by atoms with Gasteiger partial charge in [0.2, 0.25) is 0 Å². The molecule has 0 saturated heterocycles. The van der Waals surface area contributed by atoms with E-state index in [-0.39, 0.29) is 0 Å². The Morgan fingerprint density at radius 2 is 1.88 bits per heavy atom. The molecule has 1 heterocycles. The van der Waals surface area contributed by atoms with Crippen molar-refractivity contribution in [3.63, 3.8) is 0 Å². The van der Waals surface area contributed by atoms with Crippen LogP contribution in [0.1, 0.15) is 37.7 Å². The molecule has 0 atom stereocenters. The molecule has 0 spiro atoms. The average Bonchev–Trinajstić information content (AvgIpc) is 2.37. The summed E-state index contributed by atoms with van der Waals surface area (Å²) in [6, 6.07) is 4.08. The average molecular weight is 234 g/mol. The van der Waals surface area contributed by atoms with Crippen LogP contribution in [-0.4, -0.2) is 28.8 Å². The van der Waals surface area contributed by atoms with Gasteiger partial charge in [0.15, 0.2) is 0 Å². The summed E-state index contributed by atoms with van der Waals surface area (Å²) < 4.78 is 0. The van der Waals surface area contributed by atoms with E-state index in [1.165, 1.54) is 24.8 Å². The number of hydrogen-bond donors (Lipinski definition) is 2. The Balaban J connectivity index is 1.66. The number of aliphatic hydroxyl groups is 1. The number of hydrogen-bond acceptors (Lipinski definition) is 3. The monoisotopic (exact) mass is 234 g/mol. The molecule has 2 N–H and O–H groups in total. The quantitative estimate of drug-likeness (QED) is 0.765. The van der Waals surface area contributed by atoms with Crippen molar-refractivity contribution in [1.82, 2.24) is 10.3 Å². The first-order chi connectivity index (χ1) is 8.29. The van der Waals surface area contributed by atoms with Crippen LogP contribution in [0.25, 0.3) is 0 Å². The molecule has 0 radical (unpaired) electrons. The van der Waals surface area contributed by atoms with Gasteiger partial charge in [-0.3, -0.25) is 4.98 Å². The van der Waals surface area contributed by atoms with Crippen molar-refractivity contribution in [3.05, 3.63) is 30.1 Å². The Labute approximate surface area is 103 Å². The van der Waals surface area contributed by atoms with Crippen molar-refractivity contribution in [2.45, 2.75) is 44.1 Å². The summed E-state index contributed by atoms with van der Waals surface area (Å²) >= 11 is 0. The fraction of sp³-hybridized carbons (Fsp3) is 0.643. The molecule has 1 aromatic heterocycles. The summed E-state index contributed by atoms with van der Waals surface area (Å²) in [6.07, 6.45) is 10.2. The molecule has 1 fully saturated rings. The molecule has 1 aliphatic carbocycles. The highest BCUT2D eigenvalue weighted by molar-refractivity contribution is 5.09. The molecule has 0 unspecified atom stereocenters. The van der Waals surface area contributed by atoms with E-state index in [0.29, 0.717) is 0 Å². The lowest BCUT2D eigenvalue weighted by atomic mass is 9.85. The summed E-state index contributed by atoms with van der Waals surface area (Å²) in [4.78, 5) is 4.00. The van der Waals surface area contributed by atoms with Crippen molar-refractivity contribution < 1.29 is 5.11 Å². The molecule has 1 aromatic rings. The third-order valence-electron chi connectivity index (χ3n) is 3.58. The van der Waals surface area contributed by atoms with E-state index in [1.807, 2.05) is 24.5 Å². The molecule has 1 saturated carbocycles. The molecule has 3 heteroatoms. The van der Waals surface area contributed by atoms with Crippen LogP contribution in [0, 0.1) is 0 Å². The van der Waals surface area contributed by atoms with Gasteiger partial charge >= 0.3 is 0 Å². The summed E-state index contributed by atoms with van der Waals surface area (Å²) in [6.45, 7) is 1.66. The van der Waals surface area contributed by atoms with E-state index in [1.54, 1.807) is 0 Å². The van der Waals surface area contributed by atoms with E-state index < -0.39 is 5.60 Å². The second kappa shape index (κ2) is 6.12. The highest BCUT2D eigenvalue weighted by Gasteiger charge is 2.28. The smallest absolute Gasteiger partial charge is 0.0771 e. The van der Waals surface area contributed by atoms with Crippen LogP contribution in [0.5, 0.6) is 0 Å². The van der Waals surface area contributed by atoms with Crippen LogP contribution in [0.2, 0.25) is 0 Å². The predicted molar refractivity (Wildman–Crippen MR) is 68.8 cm³/mol. The van der Waals surface area contributed by atoms with Gasteiger partial charge in [-0.2, -0.15) is 0 Å². The molecule has 1 aliphatic rings. The molecule has 0 aromatic carbocycles. The molecule has 3 nitrogen and oxygen atoms in total. The minimum Gasteiger partial charge on any atom is -0.389 e. The van der Waals surface area contributed by atoms with E-state index in [4.69, 9.17) is 0 Å². The lowest BCUT2D eigenvalue weighted by Crippen LogP contribution is -2.42. The largest absolute Gasteiger partial charge is 0.389 e. The Bertz CT molecular complexity index is 320. The summed E-state index contributed by atoms with van der Waals surface area (Å²) in [7, 11) is 0. The number of nitrogens with zero attached hydrogens (tertiary/aromatic N) is 1. The van der Waals surface area contributed by atoms with Gasteiger partial charge in [0.25, 0.3) is 0 Å². The summed E-state index contributed by atoms with van der Waals surface area (Å²) in [5.74, 6) is 0. The van der Waals surface area contributed by atoms with Crippen LogP contribution in [0.4, 0.5) is 0 Å². The predicted octanol–water partition coefficient (Wildman–Crippen LogP) is 1.91. The normalized spacial score (nSPS) is 19.1. The Morgan fingerprint density at radius 1 is 1.18 bits per heavy atom. The van der Waals surface area contributed by atoms with E-state index >= 15 is 0 Å². The van der Waals surface area contributed by atoms with Crippen LogP contribution >= 0.6 is 0 Å². The SMILES string of the molecule is OC1(CNCCc2ccncc2)CCCCC1. The maximum Gasteiger partial charge on any atom is 0.0771 e. The van der Waals surface area contributed by atoms with Gasteiger partial charge < -0.3 is 10.4 Å². The van der Waals surface area contributed by atoms with Gasteiger partial charge in [-0.25, -0.2) is 0 Å². The van der Waals surface area contributed by atoms with Gasteiger partial charge in [0.05, 0.1) is 5.60 Å². The Hall–Kier alpha value is -0.930. The number of aromatic nitrogens is 1. The minimum atomic E-state index is -0.448. The van der Waals surface area contributed by atoms with Crippen LogP contribution in [0.3, 0.4) is 0 Å². The first kappa shape index (κ1) is 12.5. The second-order valence-corrected chi connectivity index (χ2v) is 5.07. The minimum absolute atomic E-state index is 0.448. The lowest BCUT2D eigenvalue weighted by Gasteiger charge is -2.32. The highest BCUT2D eigenvalue weighted by Crippen LogP contribution is 2.27. The number of pyridine rings is 1. The topological polar surface area (TPSA) is 45.1 Å². The summed E-state index contributed by atoms with van der Waals surface area (Å²) in [5.41, 5.74) is 0.847. The van der Waals surface area contributed by atoms with E-state index in [2.05, 4.69) is 10.3 Å². The van der Waals surface area contributed by atoms with Gasteiger partial charge in [-0.15, -0.1) is 0 Å². The van der Waals surface area contributed by atoms with Crippen molar-refractivity contribution in [1.29, 1.82) is 0 Å². The van der Waals surface area contributed by atoms with Crippen LogP contribution in [-0.2, 0) is 6.42 Å². The van der Waals surface area contributed by atoms with Gasteiger partial charge in [-0.05, 0) is 43.5 Å². The molecule has 94 valence electrons. The molecular formula is C14H22N2O. The van der Waals surface area contributed by atoms with Crippen molar-refractivity contribution >= 4 is 0 Å². The molecule has 0 amide bonds. The standard InChI is InChI=1S/C14H22N2O/c17-14(7-2-1-3-8-14)12-16-11-6-13-4-9-15-10-5-13/h4-5,9-10,16-17H,1-3,6-8,11-12H2. The van der Waals surface area contributed by atoms with Gasteiger partial charge in [0.1, 0.15) is 0 Å². The third kappa shape index (κ3) is 4.10. The lowest BCUT2D eigenvalue weighted by molar-refractivity contribution is 0.00517. The Morgan fingerprint density at radius 3 is 2.59 bits per heavy atom. The fourth-order valence-corrected chi connectivity index (χ4v) is 2.49. The van der Waals surface area contributed by atoms with Crippen molar-refractivity contribution in [3.8, 4) is 0 Å².